The molecule has 0 fully saturated rings. The Bertz CT molecular complexity index is 541. The summed E-state index contributed by atoms with van der Waals surface area (Å²) >= 11 is 0. The summed E-state index contributed by atoms with van der Waals surface area (Å²) in [7, 11) is 1.23. The molecule has 1 amide bonds. The molecule has 1 N–H and O–H groups in total. The zero-order chi connectivity index (χ0) is 18.2. The number of carbonyl (C=O) groups excluding carboxylic acids is 2. The van der Waals surface area contributed by atoms with Gasteiger partial charge in [-0.05, 0) is 30.7 Å². The minimum Gasteiger partial charge on any atom is -0.467 e. The van der Waals surface area contributed by atoms with Crippen LogP contribution in [0.15, 0.2) is 24.3 Å². The average molecular weight is 345 g/mol. The van der Waals surface area contributed by atoms with Gasteiger partial charge in [-0.1, -0.05) is 32.6 Å². The molecule has 1 atom stereocenters. The Kier molecular flexibility index (Phi) is 7.74. The molecule has 4 nitrogen and oxygen atoms in total. The highest BCUT2D eigenvalue weighted by Crippen LogP contribution is 2.29. The van der Waals surface area contributed by atoms with Gasteiger partial charge in [-0.3, -0.25) is 4.79 Å². The largest absolute Gasteiger partial charge is 0.467 e. The minimum absolute atomic E-state index is 0.0606. The smallest absolute Gasteiger partial charge is 0.416 e. The van der Waals surface area contributed by atoms with Crippen LogP contribution < -0.4 is 5.32 Å². The van der Waals surface area contributed by atoms with Crippen LogP contribution in [-0.2, 0) is 15.7 Å². The average Bonchev–Trinajstić information content (AvgIpc) is 2.56. The number of ether oxygens (including phenoxy) is 1. The summed E-state index contributed by atoms with van der Waals surface area (Å²) in [4.78, 5) is 23.9. The molecule has 0 unspecified atom stereocenters. The number of carbonyl (C=O) groups is 2. The second kappa shape index (κ2) is 9.30. The Balaban J connectivity index is 2.71. The number of methoxy groups -OCH3 is 1. The Morgan fingerprint density at radius 1 is 1.12 bits per heavy atom. The van der Waals surface area contributed by atoms with Gasteiger partial charge in [0.1, 0.15) is 6.04 Å². The summed E-state index contributed by atoms with van der Waals surface area (Å²) in [5, 5.41) is 2.52. The second-order valence-electron chi connectivity index (χ2n) is 5.47. The Hall–Kier alpha value is -2.05. The maximum Gasteiger partial charge on any atom is 0.416 e. The van der Waals surface area contributed by atoms with Crippen LogP contribution in [0.1, 0.15) is 54.9 Å². The molecule has 0 saturated heterocycles. The van der Waals surface area contributed by atoms with E-state index in [0.717, 1.165) is 49.9 Å². The number of amides is 1. The van der Waals surface area contributed by atoms with Crippen molar-refractivity contribution in [3.8, 4) is 0 Å². The maximum atomic E-state index is 12.5. The molecular formula is C17H22F3NO3. The molecule has 0 aliphatic rings. The molecule has 0 radical (unpaired) electrons. The number of benzene rings is 1. The van der Waals surface area contributed by atoms with Crippen molar-refractivity contribution >= 4 is 11.9 Å². The first-order valence-corrected chi connectivity index (χ1v) is 7.85. The van der Waals surface area contributed by atoms with E-state index in [4.69, 9.17) is 0 Å². The summed E-state index contributed by atoms with van der Waals surface area (Å²) < 4.78 is 42.2. The number of unbranched alkanes of at least 4 members (excludes halogenated alkanes) is 3. The van der Waals surface area contributed by atoms with Crippen molar-refractivity contribution in [1.29, 1.82) is 0 Å². The van der Waals surface area contributed by atoms with Crippen molar-refractivity contribution < 1.29 is 27.5 Å². The highest BCUT2D eigenvalue weighted by atomic mass is 19.4. The van der Waals surface area contributed by atoms with Crippen molar-refractivity contribution in [3.05, 3.63) is 35.4 Å². The molecule has 0 aromatic heterocycles. The molecule has 1 aromatic carbocycles. The minimum atomic E-state index is -4.46. The van der Waals surface area contributed by atoms with E-state index in [0.29, 0.717) is 6.42 Å². The standard InChI is InChI=1S/C17H22F3NO3/c1-3-4-5-6-7-14(16(23)24-2)21-15(22)12-8-10-13(11-9-12)17(18,19)20/h8-11,14H,3-7H2,1-2H3,(H,21,22)/t14-/m0/s1. The van der Waals surface area contributed by atoms with Gasteiger partial charge in [-0.2, -0.15) is 13.2 Å². The fraction of sp³-hybridized carbons (Fsp3) is 0.529. The number of rotatable bonds is 8. The van der Waals surface area contributed by atoms with Crippen molar-refractivity contribution in [1.82, 2.24) is 5.32 Å². The van der Waals surface area contributed by atoms with Gasteiger partial charge in [0.2, 0.25) is 0 Å². The normalized spacial score (nSPS) is 12.5. The van der Waals surface area contributed by atoms with Crippen LogP contribution in [0.2, 0.25) is 0 Å². The summed E-state index contributed by atoms with van der Waals surface area (Å²) in [6.07, 6.45) is -0.273. The maximum absolute atomic E-state index is 12.5. The molecule has 1 aromatic rings. The van der Waals surface area contributed by atoms with E-state index in [9.17, 15) is 22.8 Å². The van der Waals surface area contributed by atoms with Crippen LogP contribution in [-0.4, -0.2) is 25.0 Å². The molecule has 0 saturated carbocycles. The Morgan fingerprint density at radius 2 is 1.75 bits per heavy atom. The van der Waals surface area contributed by atoms with E-state index in [1.54, 1.807) is 0 Å². The van der Waals surface area contributed by atoms with Gasteiger partial charge in [-0.15, -0.1) is 0 Å². The fourth-order valence-electron chi connectivity index (χ4n) is 2.22. The number of hydrogen-bond acceptors (Lipinski definition) is 3. The summed E-state index contributed by atoms with van der Waals surface area (Å²) in [6, 6.07) is 3.04. The van der Waals surface area contributed by atoms with E-state index in [1.807, 2.05) is 0 Å². The number of halogens is 3. The molecule has 0 spiro atoms. The number of alkyl halides is 3. The van der Waals surface area contributed by atoms with E-state index in [-0.39, 0.29) is 5.56 Å². The van der Waals surface area contributed by atoms with Crippen LogP contribution in [0.4, 0.5) is 13.2 Å². The van der Waals surface area contributed by atoms with E-state index in [2.05, 4.69) is 17.0 Å². The topological polar surface area (TPSA) is 55.4 Å². The van der Waals surface area contributed by atoms with Gasteiger partial charge in [0.25, 0.3) is 5.91 Å². The predicted molar refractivity (Wildman–Crippen MR) is 83.5 cm³/mol. The lowest BCUT2D eigenvalue weighted by Crippen LogP contribution is -2.41. The van der Waals surface area contributed by atoms with E-state index >= 15 is 0 Å². The Labute approximate surface area is 139 Å². The van der Waals surface area contributed by atoms with Crippen molar-refractivity contribution in [2.75, 3.05) is 7.11 Å². The highest BCUT2D eigenvalue weighted by molar-refractivity contribution is 5.96. The van der Waals surface area contributed by atoms with Crippen LogP contribution >= 0.6 is 0 Å². The zero-order valence-corrected chi connectivity index (χ0v) is 13.8. The molecule has 0 bridgehead atoms. The zero-order valence-electron chi connectivity index (χ0n) is 13.8. The molecule has 134 valence electrons. The first-order valence-electron chi connectivity index (χ1n) is 7.85. The van der Waals surface area contributed by atoms with Crippen LogP contribution in [0.5, 0.6) is 0 Å². The second-order valence-corrected chi connectivity index (χ2v) is 5.47. The predicted octanol–water partition coefficient (Wildman–Crippen LogP) is 3.95. The molecule has 0 heterocycles. The highest BCUT2D eigenvalue weighted by Gasteiger charge is 2.30. The molecule has 24 heavy (non-hydrogen) atoms. The number of nitrogens with one attached hydrogen (secondary N) is 1. The van der Waals surface area contributed by atoms with Gasteiger partial charge in [-0.25, -0.2) is 4.79 Å². The summed E-state index contributed by atoms with van der Waals surface area (Å²) in [5.74, 6) is -1.17. The van der Waals surface area contributed by atoms with Gasteiger partial charge in [0, 0.05) is 5.56 Å². The van der Waals surface area contributed by atoms with E-state index < -0.39 is 29.7 Å². The molecule has 1 rings (SSSR count). The van der Waals surface area contributed by atoms with Gasteiger partial charge in [0.05, 0.1) is 12.7 Å². The lowest BCUT2D eigenvalue weighted by molar-refractivity contribution is -0.143. The van der Waals surface area contributed by atoms with Gasteiger partial charge >= 0.3 is 12.1 Å². The van der Waals surface area contributed by atoms with Crippen molar-refractivity contribution in [2.45, 2.75) is 51.2 Å². The third-order valence-corrected chi connectivity index (χ3v) is 3.61. The van der Waals surface area contributed by atoms with Crippen molar-refractivity contribution in [2.24, 2.45) is 0 Å². The summed E-state index contributed by atoms with van der Waals surface area (Å²) in [5.41, 5.74) is -0.770. The third kappa shape index (κ3) is 6.22. The lowest BCUT2D eigenvalue weighted by Gasteiger charge is -2.16. The Morgan fingerprint density at radius 3 is 2.25 bits per heavy atom. The fourth-order valence-corrected chi connectivity index (χ4v) is 2.22. The van der Waals surface area contributed by atoms with E-state index in [1.165, 1.54) is 7.11 Å². The molecular weight excluding hydrogens is 323 g/mol. The van der Waals surface area contributed by atoms with Crippen LogP contribution in [0.25, 0.3) is 0 Å². The summed E-state index contributed by atoms with van der Waals surface area (Å²) in [6.45, 7) is 2.06. The number of esters is 1. The van der Waals surface area contributed by atoms with Crippen molar-refractivity contribution in [3.63, 3.8) is 0 Å². The first-order chi connectivity index (χ1) is 11.3. The number of hydrogen-bond donors (Lipinski definition) is 1. The molecule has 0 aliphatic heterocycles. The van der Waals surface area contributed by atoms with Gasteiger partial charge in [0.15, 0.2) is 0 Å². The third-order valence-electron chi connectivity index (χ3n) is 3.61. The van der Waals surface area contributed by atoms with Crippen LogP contribution in [0.3, 0.4) is 0 Å². The first kappa shape index (κ1) is 20.0. The molecule has 7 heteroatoms. The SMILES string of the molecule is CCCCCC[C@H](NC(=O)c1ccc(C(F)(F)F)cc1)C(=O)OC. The van der Waals surface area contributed by atoms with Crippen LogP contribution in [0, 0.1) is 0 Å². The lowest BCUT2D eigenvalue weighted by atomic mass is 10.1. The molecule has 0 aliphatic carbocycles. The quantitative estimate of drug-likeness (QED) is 0.573. The monoisotopic (exact) mass is 345 g/mol. The van der Waals surface area contributed by atoms with Gasteiger partial charge < -0.3 is 10.1 Å².